The van der Waals surface area contributed by atoms with Crippen LogP contribution in [0, 0.1) is 11.8 Å². The van der Waals surface area contributed by atoms with Gasteiger partial charge in [-0.2, -0.15) is 0 Å². The molecular formula is C27H34O11. The summed E-state index contributed by atoms with van der Waals surface area (Å²) in [6, 6.07) is 10.8. The average Bonchev–Trinajstić information content (AvgIpc) is 3.27. The minimum Gasteiger partial charge on any atom is -0.493 e. The van der Waals surface area contributed by atoms with Crippen LogP contribution < -0.4 is 18.9 Å². The predicted molar refractivity (Wildman–Crippen MR) is 132 cm³/mol. The van der Waals surface area contributed by atoms with E-state index in [4.69, 9.17) is 28.4 Å². The Morgan fingerprint density at radius 1 is 0.816 bits per heavy atom. The zero-order valence-corrected chi connectivity index (χ0v) is 21.5. The number of esters is 1. The molecule has 0 amide bonds. The summed E-state index contributed by atoms with van der Waals surface area (Å²) < 4.78 is 32.7. The number of aliphatic hydroxyl groups excluding tert-OH is 4. The number of cyclic esters (lactones) is 1. The van der Waals surface area contributed by atoms with Gasteiger partial charge in [0.1, 0.15) is 24.4 Å². The molecule has 0 saturated carbocycles. The Bertz CT molecular complexity index is 1100. The van der Waals surface area contributed by atoms with Crippen molar-refractivity contribution in [2.45, 2.75) is 43.5 Å². The number of hydrogen-bond acceptors (Lipinski definition) is 11. The summed E-state index contributed by atoms with van der Waals surface area (Å²) >= 11 is 0. The number of hydrogen-bond donors (Lipinski definition) is 4. The van der Waals surface area contributed by atoms with Gasteiger partial charge in [0.05, 0.1) is 40.5 Å². The van der Waals surface area contributed by atoms with E-state index in [2.05, 4.69) is 0 Å². The summed E-state index contributed by atoms with van der Waals surface area (Å²) in [5, 5.41) is 39.7. The van der Waals surface area contributed by atoms with Crippen molar-refractivity contribution in [3.63, 3.8) is 0 Å². The van der Waals surface area contributed by atoms with Gasteiger partial charge in [0.15, 0.2) is 23.0 Å². The van der Waals surface area contributed by atoms with E-state index in [0.717, 1.165) is 11.1 Å². The molecule has 4 rings (SSSR count). The Balaban J connectivity index is 1.47. The van der Waals surface area contributed by atoms with Gasteiger partial charge in [-0.3, -0.25) is 4.79 Å². The minimum atomic E-state index is -1.56. The van der Waals surface area contributed by atoms with Crippen LogP contribution in [0.25, 0.3) is 0 Å². The molecule has 2 aliphatic rings. The zero-order chi connectivity index (χ0) is 27.4. The predicted octanol–water partition coefficient (Wildman–Crippen LogP) is 0.466. The topological polar surface area (TPSA) is 153 Å². The van der Waals surface area contributed by atoms with Crippen molar-refractivity contribution in [3.05, 3.63) is 47.5 Å². The maximum Gasteiger partial charge on any atom is 0.309 e. The van der Waals surface area contributed by atoms with Crippen molar-refractivity contribution in [2.75, 3.05) is 34.5 Å². The smallest absolute Gasteiger partial charge is 0.309 e. The molecular weight excluding hydrogens is 500 g/mol. The number of carbonyl (C=O) groups excluding carboxylic acids is 1. The van der Waals surface area contributed by atoms with E-state index < -0.39 is 37.3 Å². The van der Waals surface area contributed by atoms with Crippen molar-refractivity contribution >= 4 is 5.97 Å². The average molecular weight is 535 g/mol. The number of aliphatic hydroxyl groups is 4. The van der Waals surface area contributed by atoms with Crippen molar-refractivity contribution in [3.8, 4) is 23.0 Å². The van der Waals surface area contributed by atoms with Crippen LogP contribution >= 0.6 is 0 Å². The Kier molecular flexibility index (Phi) is 8.95. The summed E-state index contributed by atoms with van der Waals surface area (Å²) in [5.74, 6) is 1.10. The van der Waals surface area contributed by atoms with Gasteiger partial charge in [-0.25, -0.2) is 0 Å². The summed E-state index contributed by atoms with van der Waals surface area (Å²) in [7, 11) is 4.60. The SMILES string of the molecule is COc1ccc(C[C@@H]2COC(=O)[C@@H]2Cc2ccc(O[C@H]3O[C@@H](CO)[C@H](O)[C@@H](O)[C@@H]3O)c(OC)c2)cc1OC. The third-order valence-electron chi connectivity index (χ3n) is 7.03. The van der Waals surface area contributed by atoms with Gasteiger partial charge in [-0.05, 0) is 48.2 Å². The van der Waals surface area contributed by atoms with Gasteiger partial charge in [0.2, 0.25) is 6.29 Å². The molecule has 2 aromatic rings. The van der Waals surface area contributed by atoms with Crippen molar-refractivity contribution < 1.29 is 53.6 Å². The normalized spacial score (nSPS) is 29.0. The largest absolute Gasteiger partial charge is 0.493 e. The second-order valence-corrected chi connectivity index (χ2v) is 9.39. The van der Waals surface area contributed by atoms with Gasteiger partial charge in [0.25, 0.3) is 0 Å². The van der Waals surface area contributed by atoms with E-state index in [1.807, 2.05) is 18.2 Å². The lowest BCUT2D eigenvalue weighted by molar-refractivity contribution is -0.277. The molecule has 0 aromatic heterocycles. The van der Waals surface area contributed by atoms with Crippen LogP contribution in [0.1, 0.15) is 11.1 Å². The van der Waals surface area contributed by atoms with Gasteiger partial charge < -0.3 is 48.8 Å². The molecule has 0 spiro atoms. The fourth-order valence-electron chi connectivity index (χ4n) is 4.85. The molecule has 38 heavy (non-hydrogen) atoms. The maximum atomic E-state index is 12.6. The molecule has 0 radical (unpaired) electrons. The van der Waals surface area contributed by atoms with Crippen LogP contribution in [0.2, 0.25) is 0 Å². The molecule has 11 nitrogen and oxygen atoms in total. The second-order valence-electron chi connectivity index (χ2n) is 9.39. The van der Waals surface area contributed by atoms with Gasteiger partial charge in [0, 0.05) is 5.92 Å². The quantitative estimate of drug-likeness (QED) is 0.315. The van der Waals surface area contributed by atoms with E-state index in [1.165, 1.54) is 7.11 Å². The molecule has 7 atom stereocenters. The fourth-order valence-corrected chi connectivity index (χ4v) is 4.85. The van der Waals surface area contributed by atoms with E-state index >= 15 is 0 Å². The van der Waals surface area contributed by atoms with Crippen LogP contribution in [0.5, 0.6) is 23.0 Å². The molecule has 4 N–H and O–H groups in total. The highest BCUT2D eigenvalue weighted by Gasteiger charge is 2.45. The third-order valence-corrected chi connectivity index (χ3v) is 7.03. The Morgan fingerprint density at radius 2 is 1.42 bits per heavy atom. The van der Waals surface area contributed by atoms with E-state index in [0.29, 0.717) is 36.7 Å². The first-order valence-corrected chi connectivity index (χ1v) is 12.3. The lowest BCUT2D eigenvalue weighted by Crippen LogP contribution is -2.60. The van der Waals surface area contributed by atoms with E-state index in [9.17, 15) is 25.2 Å². The van der Waals surface area contributed by atoms with Crippen LogP contribution in [-0.4, -0.2) is 91.6 Å². The Labute approximate surface area is 220 Å². The molecule has 0 aliphatic carbocycles. The Morgan fingerprint density at radius 3 is 2.05 bits per heavy atom. The third kappa shape index (κ3) is 5.82. The van der Waals surface area contributed by atoms with Crippen LogP contribution in [-0.2, 0) is 27.1 Å². The molecule has 208 valence electrons. The first-order chi connectivity index (χ1) is 18.3. The summed E-state index contributed by atoms with van der Waals surface area (Å²) in [4.78, 5) is 12.6. The standard InChI is InChI=1S/C27H34O11/c1-33-18-6-4-14(10-20(18)34-2)8-16-13-36-26(32)17(16)9-15-5-7-19(21(11-15)35-3)37-27-25(31)24(30)23(29)22(12-28)38-27/h4-7,10-11,16-17,22-25,27-31H,8-9,12-13H2,1-3H3/t16-,17-,22+,23+,24-,25+,27+/m1/s1. The lowest BCUT2D eigenvalue weighted by atomic mass is 9.85. The molecule has 2 aliphatic heterocycles. The lowest BCUT2D eigenvalue weighted by Gasteiger charge is -2.39. The molecule has 0 bridgehead atoms. The van der Waals surface area contributed by atoms with Crippen LogP contribution in [0.4, 0.5) is 0 Å². The Hall–Kier alpha value is -3.09. The highest BCUT2D eigenvalue weighted by molar-refractivity contribution is 5.75. The van der Waals surface area contributed by atoms with Gasteiger partial charge >= 0.3 is 5.97 Å². The summed E-state index contributed by atoms with van der Waals surface area (Å²) in [6.07, 6.45) is -6.02. The van der Waals surface area contributed by atoms with Crippen molar-refractivity contribution in [2.24, 2.45) is 11.8 Å². The van der Waals surface area contributed by atoms with Crippen LogP contribution in [0.3, 0.4) is 0 Å². The van der Waals surface area contributed by atoms with E-state index in [-0.39, 0.29) is 23.6 Å². The molecule has 2 fully saturated rings. The monoisotopic (exact) mass is 534 g/mol. The zero-order valence-electron chi connectivity index (χ0n) is 21.5. The van der Waals surface area contributed by atoms with Crippen LogP contribution in [0.15, 0.2) is 36.4 Å². The molecule has 2 aromatic carbocycles. The number of rotatable bonds is 10. The maximum absolute atomic E-state index is 12.6. The number of benzene rings is 2. The minimum absolute atomic E-state index is 0.0448. The molecule has 2 saturated heterocycles. The summed E-state index contributed by atoms with van der Waals surface area (Å²) in [6.45, 7) is -0.254. The van der Waals surface area contributed by atoms with Gasteiger partial charge in [-0.15, -0.1) is 0 Å². The van der Waals surface area contributed by atoms with Gasteiger partial charge in [-0.1, -0.05) is 12.1 Å². The number of carbonyl (C=O) groups is 1. The second kappa shape index (κ2) is 12.2. The number of ether oxygens (including phenoxy) is 6. The molecule has 2 heterocycles. The summed E-state index contributed by atoms with van der Waals surface area (Å²) in [5.41, 5.74) is 1.81. The first kappa shape index (κ1) is 27.9. The fraction of sp³-hybridized carbons (Fsp3) is 0.519. The molecule has 11 heteroatoms. The highest BCUT2D eigenvalue weighted by atomic mass is 16.7. The van der Waals surface area contributed by atoms with Crippen molar-refractivity contribution in [1.29, 1.82) is 0 Å². The van der Waals surface area contributed by atoms with E-state index in [1.54, 1.807) is 32.4 Å². The van der Waals surface area contributed by atoms with Crippen molar-refractivity contribution in [1.82, 2.24) is 0 Å². The molecule has 0 unspecified atom stereocenters. The first-order valence-electron chi connectivity index (χ1n) is 12.3. The highest BCUT2D eigenvalue weighted by Crippen LogP contribution is 2.36. The number of methoxy groups -OCH3 is 3.